The summed E-state index contributed by atoms with van der Waals surface area (Å²) in [5, 5.41) is 0.963. The summed E-state index contributed by atoms with van der Waals surface area (Å²) in [5.41, 5.74) is 0. The van der Waals surface area contributed by atoms with Crippen LogP contribution in [0.1, 0.15) is 0 Å². The summed E-state index contributed by atoms with van der Waals surface area (Å²) in [4.78, 5) is 15.7. The van der Waals surface area contributed by atoms with Crippen LogP contribution in [0.2, 0.25) is 0 Å². The van der Waals surface area contributed by atoms with Gasteiger partial charge in [-0.25, -0.2) is 9.90 Å². The van der Waals surface area contributed by atoms with Gasteiger partial charge in [-0.05, 0) is 0 Å². The molecule has 0 aromatic rings. The molecule has 6 heteroatoms. The fraction of sp³-hybridized carbons (Fsp3) is 0.833. The first-order valence-electron chi connectivity index (χ1n) is 3.20. The van der Waals surface area contributed by atoms with Crippen LogP contribution in [0.25, 0.3) is 0 Å². The van der Waals surface area contributed by atoms with Crippen molar-refractivity contribution in [2.24, 2.45) is 0 Å². The molecular formula is C6H12ClNO4. The average Bonchev–Trinajstić information content (AvgIpc) is 2.12. The van der Waals surface area contributed by atoms with Crippen LogP contribution in [-0.2, 0) is 19.1 Å². The van der Waals surface area contributed by atoms with Crippen LogP contribution in [0.15, 0.2) is 0 Å². The number of hydroxylamine groups is 2. The highest BCUT2D eigenvalue weighted by Gasteiger charge is 2.13. The largest absolute Gasteiger partial charge is 0.332 e. The Morgan fingerprint density at radius 1 is 1.50 bits per heavy atom. The van der Waals surface area contributed by atoms with Gasteiger partial charge in [-0.1, -0.05) is 0 Å². The second kappa shape index (κ2) is 6.19. The van der Waals surface area contributed by atoms with Crippen LogP contribution >= 0.6 is 11.6 Å². The van der Waals surface area contributed by atoms with Gasteiger partial charge in [0.15, 0.2) is 0 Å². The van der Waals surface area contributed by atoms with E-state index < -0.39 is 6.48 Å². The fourth-order valence-corrected chi connectivity index (χ4v) is 0.623. The molecule has 0 aliphatic carbocycles. The van der Waals surface area contributed by atoms with Crippen molar-refractivity contribution in [3.05, 3.63) is 0 Å². The minimum Gasteiger partial charge on any atom is -0.332 e. The molecule has 0 rings (SSSR count). The van der Waals surface area contributed by atoms with Gasteiger partial charge in [-0.3, -0.25) is 4.79 Å². The lowest BCUT2D eigenvalue weighted by Gasteiger charge is -2.20. The summed E-state index contributed by atoms with van der Waals surface area (Å²) < 4.78 is 9.37. The molecule has 0 unspecified atom stereocenters. The lowest BCUT2D eigenvalue weighted by atomic mass is 10.7. The highest BCUT2D eigenvalue weighted by Crippen LogP contribution is 1.98. The minimum absolute atomic E-state index is 0.142. The number of amides is 1. The lowest BCUT2D eigenvalue weighted by molar-refractivity contribution is -0.341. The second-order valence-electron chi connectivity index (χ2n) is 1.89. The molecule has 0 fully saturated rings. The average molecular weight is 198 g/mol. The molecule has 0 saturated carbocycles. The molecule has 0 aliphatic heterocycles. The fourth-order valence-electron chi connectivity index (χ4n) is 0.454. The van der Waals surface area contributed by atoms with Crippen molar-refractivity contribution >= 4 is 17.5 Å². The number of carbonyl (C=O) groups is 1. The standard InChI is InChI=1S/C6H12ClNO4/c1-8(5(9)4-7)12-6(10-2)11-3/h6H,4H2,1-3H3. The zero-order valence-corrected chi connectivity index (χ0v) is 8.00. The third-order valence-corrected chi connectivity index (χ3v) is 1.32. The van der Waals surface area contributed by atoms with Gasteiger partial charge in [0.05, 0.1) is 0 Å². The number of rotatable bonds is 5. The van der Waals surface area contributed by atoms with Crippen LogP contribution < -0.4 is 0 Å². The van der Waals surface area contributed by atoms with E-state index in [4.69, 9.17) is 16.4 Å². The first-order valence-corrected chi connectivity index (χ1v) is 3.74. The molecule has 1 amide bonds. The Morgan fingerprint density at radius 3 is 2.33 bits per heavy atom. The molecule has 0 aliphatic rings. The van der Waals surface area contributed by atoms with Crippen molar-refractivity contribution in [1.29, 1.82) is 0 Å². The van der Waals surface area contributed by atoms with Gasteiger partial charge in [0.1, 0.15) is 5.88 Å². The van der Waals surface area contributed by atoms with Crippen LogP contribution in [0.4, 0.5) is 0 Å². The van der Waals surface area contributed by atoms with E-state index in [1.165, 1.54) is 21.3 Å². The van der Waals surface area contributed by atoms with Crippen molar-refractivity contribution < 1.29 is 19.1 Å². The number of methoxy groups -OCH3 is 2. The predicted octanol–water partition coefficient (Wildman–Crippen LogP) is 0.192. The van der Waals surface area contributed by atoms with Gasteiger partial charge in [0.25, 0.3) is 12.4 Å². The Balaban J connectivity index is 3.80. The molecule has 0 aromatic carbocycles. The molecule has 12 heavy (non-hydrogen) atoms. The SMILES string of the molecule is COC(OC)ON(C)C(=O)CCl. The predicted molar refractivity (Wildman–Crippen MR) is 42.4 cm³/mol. The highest BCUT2D eigenvalue weighted by molar-refractivity contribution is 6.27. The number of hydrogen-bond acceptors (Lipinski definition) is 4. The molecule has 0 N–H and O–H groups in total. The maximum Gasteiger partial charge on any atom is 0.293 e. The zero-order valence-electron chi connectivity index (χ0n) is 7.24. The van der Waals surface area contributed by atoms with Gasteiger partial charge < -0.3 is 9.47 Å². The molecular weight excluding hydrogens is 186 g/mol. The number of alkyl halides is 1. The van der Waals surface area contributed by atoms with Gasteiger partial charge in [-0.2, -0.15) is 0 Å². The molecule has 0 heterocycles. The summed E-state index contributed by atoms with van der Waals surface area (Å²) in [6, 6.07) is 0. The Hall–Kier alpha value is -0.360. The Labute approximate surface area is 76.1 Å². The van der Waals surface area contributed by atoms with Crippen molar-refractivity contribution in [2.45, 2.75) is 6.48 Å². The first kappa shape index (κ1) is 11.6. The van der Waals surface area contributed by atoms with Crippen molar-refractivity contribution in [3.8, 4) is 0 Å². The molecule has 0 spiro atoms. The number of nitrogens with zero attached hydrogens (tertiary/aromatic N) is 1. The maximum atomic E-state index is 10.8. The number of halogens is 1. The number of hydrogen-bond donors (Lipinski definition) is 0. The quantitative estimate of drug-likeness (QED) is 0.359. The van der Waals surface area contributed by atoms with E-state index in [1.807, 2.05) is 0 Å². The van der Waals surface area contributed by atoms with Crippen LogP contribution in [-0.4, -0.2) is 44.6 Å². The van der Waals surface area contributed by atoms with Gasteiger partial charge in [0.2, 0.25) is 0 Å². The number of carbonyl (C=O) groups excluding carboxylic acids is 1. The summed E-state index contributed by atoms with van der Waals surface area (Å²) in [5.74, 6) is -0.507. The summed E-state index contributed by atoms with van der Waals surface area (Å²) in [7, 11) is 4.22. The van der Waals surface area contributed by atoms with Gasteiger partial charge in [-0.15, -0.1) is 11.6 Å². The molecule has 0 atom stereocenters. The topological polar surface area (TPSA) is 48.0 Å². The third kappa shape index (κ3) is 3.87. The van der Waals surface area contributed by atoms with Crippen LogP contribution in [0.3, 0.4) is 0 Å². The molecule has 0 aromatic heterocycles. The van der Waals surface area contributed by atoms with Crippen molar-refractivity contribution in [3.63, 3.8) is 0 Å². The maximum absolute atomic E-state index is 10.8. The van der Waals surface area contributed by atoms with Crippen molar-refractivity contribution in [2.75, 3.05) is 27.1 Å². The van der Waals surface area contributed by atoms with Gasteiger partial charge >= 0.3 is 0 Å². The molecule has 5 nitrogen and oxygen atoms in total. The Morgan fingerprint density at radius 2 is 2.00 bits per heavy atom. The monoisotopic (exact) mass is 197 g/mol. The van der Waals surface area contributed by atoms with E-state index in [2.05, 4.69) is 9.47 Å². The smallest absolute Gasteiger partial charge is 0.293 e. The van der Waals surface area contributed by atoms with E-state index >= 15 is 0 Å². The summed E-state index contributed by atoms with van der Waals surface area (Å²) in [6.07, 6.45) is 0. The Bertz CT molecular complexity index is 140. The summed E-state index contributed by atoms with van der Waals surface area (Å²) in [6.45, 7) is -0.887. The van der Waals surface area contributed by atoms with Crippen LogP contribution in [0.5, 0.6) is 0 Å². The highest BCUT2D eigenvalue weighted by atomic mass is 35.5. The molecule has 0 bridgehead atoms. The van der Waals surface area contributed by atoms with Crippen LogP contribution in [0, 0.1) is 0 Å². The van der Waals surface area contributed by atoms with E-state index in [0.29, 0.717) is 0 Å². The normalized spacial score (nSPS) is 10.4. The van der Waals surface area contributed by atoms with E-state index in [-0.39, 0.29) is 11.8 Å². The Kier molecular flexibility index (Phi) is 6.00. The van der Waals surface area contributed by atoms with Crippen molar-refractivity contribution in [1.82, 2.24) is 5.06 Å². The summed E-state index contributed by atoms with van der Waals surface area (Å²) >= 11 is 5.26. The molecule has 0 radical (unpaired) electrons. The lowest BCUT2D eigenvalue weighted by Crippen LogP contribution is -2.34. The first-order chi connectivity index (χ1) is 5.65. The molecule has 72 valence electrons. The number of ether oxygens (including phenoxy) is 2. The van der Waals surface area contributed by atoms with E-state index in [1.54, 1.807) is 0 Å². The second-order valence-corrected chi connectivity index (χ2v) is 2.16. The van der Waals surface area contributed by atoms with Gasteiger partial charge in [0, 0.05) is 21.3 Å². The van der Waals surface area contributed by atoms with E-state index in [9.17, 15) is 4.79 Å². The van der Waals surface area contributed by atoms with E-state index in [0.717, 1.165) is 5.06 Å². The third-order valence-electron chi connectivity index (χ3n) is 1.09. The zero-order chi connectivity index (χ0) is 9.56. The minimum atomic E-state index is -0.887. The molecule has 0 saturated heterocycles.